The van der Waals surface area contributed by atoms with Gasteiger partial charge in [0.15, 0.2) is 18.2 Å². The van der Waals surface area contributed by atoms with Gasteiger partial charge in [0.25, 0.3) is 5.91 Å². The first-order valence-corrected chi connectivity index (χ1v) is 6.47. The zero-order chi connectivity index (χ0) is 14.7. The first-order chi connectivity index (χ1) is 10.2. The number of benzene rings is 1. The molecule has 0 radical (unpaired) electrons. The van der Waals surface area contributed by atoms with E-state index in [4.69, 9.17) is 4.74 Å². The molecule has 106 valence electrons. The van der Waals surface area contributed by atoms with Gasteiger partial charge in [0.2, 0.25) is 5.91 Å². The van der Waals surface area contributed by atoms with Crippen molar-refractivity contribution >= 4 is 23.3 Å². The lowest BCUT2D eigenvalue weighted by atomic mass is 10.3. The number of fused-ring (bicyclic) bond motifs is 1. The lowest BCUT2D eigenvalue weighted by molar-refractivity contribution is -0.123. The molecular formula is C15H13N3O3. The van der Waals surface area contributed by atoms with E-state index in [9.17, 15) is 9.59 Å². The number of amides is 2. The first-order valence-electron chi connectivity index (χ1n) is 6.47. The zero-order valence-corrected chi connectivity index (χ0v) is 11.2. The van der Waals surface area contributed by atoms with Gasteiger partial charge in [0.1, 0.15) is 6.54 Å². The highest BCUT2D eigenvalue weighted by atomic mass is 16.5. The van der Waals surface area contributed by atoms with Crippen molar-refractivity contribution in [3.05, 3.63) is 48.7 Å². The van der Waals surface area contributed by atoms with Gasteiger partial charge in [-0.25, -0.2) is 4.98 Å². The molecule has 6 heteroatoms. The van der Waals surface area contributed by atoms with Crippen LogP contribution in [0.4, 0.5) is 11.5 Å². The minimum absolute atomic E-state index is 0.0860. The van der Waals surface area contributed by atoms with Crippen molar-refractivity contribution in [1.29, 1.82) is 0 Å². The van der Waals surface area contributed by atoms with E-state index in [-0.39, 0.29) is 25.0 Å². The number of para-hydroxylation sites is 1. The van der Waals surface area contributed by atoms with Gasteiger partial charge in [0.05, 0.1) is 0 Å². The lowest BCUT2D eigenvalue weighted by Crippen LogP contribution is -2.43. The molecule has 2 aromatic rings. The molecule has 0 bridgehead atoms. The average Bonchev–Trinajstić information content (AvgIpc) is 2.51. The fraction of sp³-hybridized carbons (Fsp3) is 0.133. The number of rotatable bonds is 3. The van der Waals surface area contributed by atoms with E-state index in [1.165, 1.54) is 4.90 Å². The topological polar surface area (TPSA) is 71.5 Å². The molecule has 1 aromatic heterocycles. The maximum absolute atomic E-state index is 12.1. The highest BCUT2D eigenvalue weighted by molar-refractivity contribution is 6.04. The van der Waals surface area contributed by atoms with Crippen LogP contribution in [0.2, 0.25) is 0 Å². The van der Waals surface area contributed by atoms with E-state index < -0.39 is 0 Å². The number of pyridine rings is 1. The molecule has 0 atom stereocenters. The van der Waals surface area contributed by atoms with Crippen LogP contribution >= 0.6 is 0 Å². The van der Waals surface area contributed by atoms with E-state index in [0.29, 0.717) is 17.3 Å². The minimum Gasteiger partial charge on any atom is -0.480 e. The number of hydrogen-bond acceptors (Lipinski definition) is 4. The van der Waals surface area contributed by atoms with Crippen molar-refractivity contribution < 1.29 is 14.3 Å². The Bertz CT molecular complexity index is 673. The first kappa shape index (κ1) is 13.1. The number of carbonyl (C=O) groups is 2. The highest BCUT2D eigenvalue weighted by Gasteiger charge is 2.28. The van der Waals surface area contributed by atoms with E-state index >= 15 is 0 Å². The van der Waals surface area contributed by atoms with Crippen molar-refractivity contribution in [3.8, 4) is 5.75 Å². The van der Waals surface area contributed by atoms with Crippen LogP contribution in [0.3, 0.4) is 0 Å². The largest absolute Gasteiger partial charge is 0.480 e. The molecule has 6 nitrogen and oxygen atoms in total. The van der Waals surface area contributed by atoms with Gasteiger partial charge < -0.3 is 10.1 Å². The second kappa shape index (κ2) is 5.62. The van der Waals surface area contributed by atoms with Crippen LogP contribution in [0.5, 0.6) is 5.75 Å². The van der Waals surface area contributed by atoms with Crippen LogP contribution in [-0.2, 0) is 9.59 Å². The Morgan fingerprint density at radius 1 is 1.24 bits per heavy atom. The number of nitrogens with one attached hydrogen (secondary N) is 1. The number of ether oxygens (including phenoxy) is 1. The predicted octanol–water partition coefficient (Wildman–Crippen LogP) is 1.45. The third kappa shape index (κ3) is 2.84. The Morgan fingerprint density at radius 2 is 2.05 bits per heavy atom. The minimum atomic E-state index is -0.288. The number of hydrogen-bond donors (Lipinski definition) is 1. The van der Waals surface area contributed by atoms with Crippen molar-refractivity contribution in [1.82, 2.24) is 4.98 Å². The second-order valence-corrected chi connectivity index (χ2v) is 4.51. The molecule has 1 aromatic carbocycles. The maximum atomic E-state index is 12.1. The third-order valence-corrected chi connectivity index (χ3v) is 3.02. The molecule has 21 heavy (non-hydrogen) atoms. The Labute approximate surface area is 121 Å². The predicted molar refractivity (Wildman–Crippen MR) is 77.2 cm³/mol. The molecule has 0 fully saturated rings. The van der Waals surface area contributed by atoms with Crippen LogP contribution in [0.25, 0.3) is 0 Å². The van der Waals surface area contributed by atoms with E-state index in [0.717, 1.165) is 0 Å². The van der Waals surface area contributed by atoms with Gasteiger partial charge in [0, 0.05) is 11.9 Å². The Balaban J connectivity index is 1.75. The zero-order valence-electron chi connectivity index (χ0n) is 11.2. The Kier molecular flexibility index (Phi) is 3.51. The van der Waals surface area contributed by atoms with Crippen LogP contribution in [0.1, 0.15) is 0 Å². The molecule has 0 saturated heterocycles. The molecule has 0 saturated carbocycles. The third-order valence-electron chi connectivity index (χ3n) is 3.02. The SMILES string of the molecule is O=C(CN1C(=O)COc2cccnc21)Nc1ccccc1. The molecule has 3 rings (SSSR count). The molecule has 1 N–H and O–H groups in total. The summed E-state index contributed by atoms with van der Waals surface area (Å²) in [6.45, 7) is -0.182. The molecule has 2 amide bonds. The van der Waals surface area contributed by atoms with Crippen molar-refractivity contribution in [2.24, 2.45) is 0 Å². The van der Waals surface area contributed by atoms with Crippen LogP contribution in [0, 0.1) is 0 Å². The summed E-state index contributed by atoms with van der Waals surface area (Å²) in [4.78, 5) is 29.4. The van der Waals surface area contributed by atoms with Gasteiger partial charge in [-0.15, -0.1) is 0 Å². The smallest absolute Gasteiger partial charge is 0.266 e. The van der Waals surface area contributed by atoms with Crippen LogP contribution in [-0.4, -0.2) is 29.9 Å². The van der Waals surface area contributed by atoms with E-state index in [1.54, 1.807) is 30.5 Å². The highest BCUT2D eigenvalue weighted by Crippen LogP contribution is 2.28. The van der Waals surface area contributed by atoms with Crippen LogP contribution in [0.15, 0.2) is 48.7 Å². The second-order valence-electron chi connectivity index (χ2n) is 4.51. The number of aromatic nitrogens is 1. The summed E-state index contributed by atoms with van der Waals surface area (Å²) < 4.78 is 5.28. The number of nitrogens with zero attached hydrogens (tertiary/aromatic N) is 2. The fourth-order valence-electron chi connectivity index (χ4n) is 2.06. The van der Waals surface area contributed by atoms with Gasteiger partial charge in [-0.3, -0.25) is 14.5 Å². The summed E-state index contributed by atoms with van der Waals surface area (Å²) in [5.41, 5.74) is 0.685. The summed E-state index contributed by atoms with van der Waals surface area (Å²) in [7, 11) is 0. The standard InChI is InChI=1S/C15H13N3O3/c19-13(17-11-5-2-1-3-6-11)9-18-14(20)10-21-12-7-4-8-16-15(12)18/h1-8H,9-10H2,(H,17,19). The Morgan fingerprint density at radius 3 is 2.86 bits per heavy atom. The average molecular weight is 283 g/mol. The lowest BCUT2D eigenvalue weighted by Gasteiger charge is -2.27. The Hall–Kier alpha value is -2.89. The molecule has 0 unspecified atom stereocenters. The number of anilines is 2. The molecule has 1 aliphatic rings. The summed E-state index contributed by atoms with van der Waals surface area (Å²) in [6.07, 6.45) is 1.56. The summed E-state index contributed by atoms with van der Waals surface area (Å²) in [5.74, 6) is 0.305. The van der Waals surface area contributed by atoms with Crippen molar-refractivity contribution in [2.75, 3.05) is 23.4 Å². The molecule has 2 heterocycles. The van der Waals surface area contributed by atoms with Gasteiger partial charge in [-0.2, -0.15) is 0 Å². The molecule has 0 aliphatic carbocycles. The van der Waals surface area contributed by atoms with Gasteiger partial charge in [-0.1, -0.05) is 18.2 Å². The van der Waals surface area contributed by atoms with Gasteiger partial charge >= 0.3 is 0 Å². The normalized spacial score (nSPS) is 13.3. The van der Waals surface area contributed by atoms with Gasteiger partial charge in [-0.05, 0) is 24.3 Å². The molecule has 1 aliphatic heterocycles. The molecule has 0 spiro atoms. The van der Waals surface area contributed by atoms with Crippen LogP contribution < -0.4 is 15.0 Å². The van der Waals surface area contributed by atoms with E-state index in [2.05, 4.69) is 10.3 Å². The summed E-state index contributed by atoms with van der Waals surface area (Å²) >= 11 is 0. The monoisotopic (exact) mass is 283 g/mol. The maximum Gasteiger partial charge on any atom is 0.266 e. The van der Waals surface area contributed by atoms with Crippen molar-refractivity contribution in [2.45, 2.75) is 0 Å². The fourth-order valence-corrected chi connectivity index (χ4v) is 2.06. The quantitative estimate of drug-likeness (QED) is 0.925. The number of carbonyl (C=O) groups excluding carboxylic acids is 2. The van der Waals surface area contributed by atoms with E-state index in [1.807, 2.05) is 18.2 Å². The van der Waals surface area contributed by atoms with Crippen molar-refractivity contribution in [3.63, 3.8) is 0 Å². The summed E-state index contributed by atoms with van der Waals surface area (Å²) in [5, 5.41) is 2.74. The summed E-state index contributed by atoms with van der Waals surface area (Å²) in [6, 6.07) is 12.5. The molecular weight excluding hydrogens is 270 g/mol.